The van der Waals surface area contributed by atoms with Crippen molar-refractivity contribution < 1.29 is 28.7 Å². The van der Waals surface area contributed by atoms with Gasteiger partial charge in [-0.15, -0.1) is 0 Å². The van der Waals surface area contributed by atoms with Crippen LogP contribution in [0.15, 0.2) is 71.2 Å². The lowest BCUT2D eigenvalue weighted by Gasteiger charge is -2.30. The molecule has 2 aromatic carbocycles. The van der Waals surface area contributed by atoms with Crippen molar-refractivity contribution in [2.24, 2.45) is 28.0 Å². The Morgan fingerprint density at radius 2 is 1.16 bits per heavy atom. The molecule has 0 bridgehead atoms. The lowest BCUT2D eigenvalue weighted by molar-refractivity contribution is -0.138. The van der Waals surface area contributed by atoms with Gasteiger partial charge < -0.3 is 39.9 Å². The Morgan fingerprint density at radius 1 is 0.721 bits per heavy atom. The van der Waals surface area contributed by atoms with Crippen LogP contribution in [0.3, 0.4) is 0 Å². The number of amides is 4. The number of hydrogen-bond donors (Lipinski definition) is 4. The van der Waals surface area contributed by atoms with Crippen LogP contribution in [0.25, 0.3) is 54.5 Å². The van der Waals surface area contributed by atoms with Gasteiger partial charge in [0.1, 0.15) is 17.7 Å². The summed E-state index contributed by atoms with van der Waals surface area (Å²) in [6.07, 6.45) is 2.87. The monoisotopic (exact) mass is 834 g/mol. The zero-order chi connectivity index (χ0) is 43.8. The average Bonchev–Trinajstić information content (AvgIpc) is 4.09. The molecule has 20 nitrogen and oxygen atoms in total. The first-order valence-corrected chi connectivity index (χ1v) is 20.0. The van der Waals surface area contributed by atoms with Crippen molar-refractivity contribution >= 4 is 24.0 Å². The van der Waals surface area contributed by atoms with Crippen LogP contribution in [0.2, 0.25) is 0 Å². The number of likely N-dealkylation sites (tertiary alicyclic amines) is 2. The number of nitrogens with zero attached hydrogens (tertiary/aromatic N) is 10. The van der Waals surface area contributed by atoms with E-state index in [1.807, 2.05) is 76.2 Å². The zero-order valence-corrected chi connectivity index (χ0v) is 34.8. The summed E-state index contributed by atoms with van der Waals surface area (Å²) in [5.41, 5.74) is 23.5. The van der Waals surface area contributed by atoms with Crippen LogP contribution in [0.1, 0.15) is 64.3 Å². The molecule has 6 rings (SSSR count). The summed E-state index contributed by atoms with van der Waals surface area (Å²) in [7, 11) is 2.51. The molecule has 2 fully saturated rings. The number of hydrogen-bond acceptors (Lipinski definition) is 10. The highest BCUT2D eigenvalue weighted by Gasteiger charge is 2.42. The van der Waals surface area contributed by atoms with Crippen LogP contribution in [-0.2, 0) is 19.1 Å². The third kappa shape index (κ3) is 9.88. The summed E-state index contributed by atoms with van der Waals surface area (Å²) in [6, 6.07) is 13.3. The molecule has 4 heterocycles. The van der Waals surface area contributed by atoms with Gasteiger partial charge >= 0.3 is 12.2 Å². The van der Waals surface area contributed by atoms with E-state index in [1.165, 1.54) is 14.2 Å². The minimum absolute atomic E-state index is 0.0840. The highest BCUT2D eigenvalue weighted by atomic mass is 16.5. The van der Waals surface area contributed by atoms with Gasteiger partial charge in [-0.05, 0) is 58.0 Å². The summed E-state index contributed by atoms with van der Waals surface area (Å²) in [4.78, 5) is 76.7. The number of aromatic nitrogens is 4. The number of imidazole rings is 2. The molecule has 0 spiro atoms. The normalized spacial score (nSPS) is 19.5. The van der Waals surface area contributed by atoms with E-state index in [0.29, 0.717) is 24.5 Å². The lowest BCUT2D eigenvalue weighted by atomic mass is 9.94. The SMILES string of the molecule is COC(=O)NC[C@H](C(=O)N1C[C@H](N=[N+]=[N-])CC1c1ncc(-c2ccc(-c3ccc(-c4cnc(C5C[C@@H](N=[N+]=[N-])CN5C(=O)[C@@H](NC(=O)OC)C(C)C)[nH]4)cc3)cc2)[nH]1)C(C)C. The number of carbonyl (C=O) groups is 4. The highest BCUT2D eigenvalue weighted by molar-refractivity contribution is 5.86. The average molecular weight is 835 g/mol. The fourth-order valence-corrected chi connectivity index (χ4v) is 7.90. The molecule has 0 radical (unpaired) electrons. The number of rotatable bonds is 14. The predicted molar refractivity (Wildman–Crippen MR) is 224 cm³/mol. The maximum absolute atomic E-state index is 13.9. The first-order valence-electron chi connectivity index (χ1n) is 20.0. The molecule has 2 aromatic heterocycles. The van der Waals surface area contributed by atoms with Crippen molar-refractivity contribution in [3.05, 3.63) is 93.5 Å². The van der Waals surface area contributed by atoms with Gasteiger partial charge in [0.2, 0.25) is 11.8 Å². The zero-order valence-electron chi connectivity index (χ0n) is 34.8. The summed E-state index contributed by atoms with van der Waals surface area (Å²) in [5.74, 6) is -0.226. The van der Waals surface area contributed by atoms with Crippen LogP contribution in [-0.4, -0.2) is 106 Å². The van der Waals surface area contributed by atoms with E-state index in [-0.39, 0.29) is 43.3 Å². The number of H-pyrrole nitrogens is 2. The van der Waals surface area contributed by atoms with Crippen molar-refractivity contribution in [1.82, 2.24) is 40.4 Å². The van der Waals surface area contributed by atoms with Crippen molar-refractivity contribution in [2.45, 2.75) is 70.7 Å². The molecule has 20 heteroatoms. The first-order chi connectivity index (χ1) is 29.3. The van der Waals surface area contributed by atoms with Gasteiger partial charge in [-0.25, -0.2) is 19.6 Å². The largest absolute Gasteiger partial charge is 0.453 e. The summed E-state index contributed by atoms with van der Waals surface area (Å²) in [5, 5.41) is 13.1. The number of methoxy groups -OCH3 is 2. The highest BCUT2D eigenvalue weighted by Crippen LogP contribution is 2.37. The van der Waals surface area contributed by atoms with Crippen molar-refractivity contribution in [1.29, 1.82) is 0 Å². The van der Waals surface area contributed by atoms with Gasteiger partial charge in [-0.2, -0.15) is 0 Å². The Balaban J connectivity index is 1.15. The minimum atomic E-state index is -0.847. The molecule has 4 N–H and O–H groups in total. The predicted octanol–water partition coefficient (Wildman–Crippen LogP) is 7.05. The van der Waals surface area contributed by atoms with E-state index in [0.717, 1.165) is 33.6 Å². The number of carbonyl (C=O) groups excluding carboxylic acids is 4. The molecular formula is C41H50N14O6. The second kappa shape index (κ2) is 19.4. The number of azide groups is 2. The number of alkyl carbamates (subject to hydrolysis) is 2. The Labute approximate surface area is 352 Å². The van der Waals surface area contributed by atoms with E-state index in [1.54, 1.807) is 22.2 Å². The fourth-order valence-electron chi connectivity index (χ4n) is 7.90. The number of ether oxygens (including phenoxy) is 2. The molecule has 6 atom stereocenters. The van der Waals surface area contributed by atoms with Gasteiger partial charge in [-0.1, -0.05) is 86.5 Å². The lowest BCUT2D eigenvalue weighted by Crippen LogP contribution is -2.51. The topological polar surface area (TPSA) is 272 Å². The molecule has 320 valence electrons. The van der Waals surface area contributed by atoms with Crippen molar-refractivity contribution in [3.8, 4) is 33.6 Å². The molecule has 4 amide bonds. The third-order valence-corrected chi connectivity index (χ3v) is 11.3. The summed E-state index contributed by atoms with van der Waals surface area (Å²) >= 11 is 0. The van der Waals surface area contributed by atoms with Gasteiger partial charge in [0.05, 0.1) is 68.1 Å². The Morgan fingerprint density at radius 3 is 1.57 bits per heavy atom. The molecule has 0 saturated carbocycles. The first kappa shape index (κ1) is 43.5. The van der Waals surface area contributed by atoms with E-state index >= 15 is 0 Å². The summed E-state index contributed by atoms with van der Waals surface area (Å²) < 4.78 is 9.44. The summed E-state index contributed by atoms with van der Waals surface area (Å²) in [6.45, 7) is 7.99. The molecule has 4 aromatic rings. The quantitative estimate of drug-likeness (QED) is 0.0579. The van der Waals surface area contributed by atoms with E-state index in [4.69, 9.17) is 20.5 Å². The molecule has 2 aliphatic heterocycles. The van der Waals surface area contributed by atoms with Crippen LogP contribution in [0.4, 0.5) is 9.59 Å². The van der Waals surface area contributed by atoms with Crippen LogP contribution in [0, 0.1) is 17.8 Å². The van der Waals surface area contributed by atoms with Crippen LogP contribution < -0.4 is 10.6 Å². The molecule has 2 saturated heterocycles. The second-order valence-electron chi connectivity index (χ2n) is 15.8. The third-order valence-electron chi connectivity index (χ3n) is 11.3. The minimum Gasteiger partial charge on any atom is -0.453 e. The Hall–Kier alpha value is -7.04. The van der Waals surface area contributed by atoms with Gasteiger partial charge in [0.25, 0.3) is 0 Å². The van der Waals surface area contributed by atoms with Gasteiger partial charge in [0, 0.05) is 29.5 Å². The van der Waals surface area contributed by atoms with E-state index in [2.05, 4.69) is 50.6 Å². The maximum atomic E-state index is 13.9. The molecule has 2 unspecified atom stereocenters. The Kier molecular flexibility index (Phi) is 13.8. The van der Waals surface area contributed by atoms with E-state index < -0.39 is 48.3 Å². The maximum Gasteiger partial charge on any atom is 0.407 e. The second-order valence-corrected chi connectivity index (χ2v) is 15.8. The fraction of sp³-hybridized carbons (Fsp3) is 0.463. The molecule has 2 aliphatic rings. The van der Waals surface area contributed by atoms with Crippen molar-refractivity contribution in [2.75, 3.05) is 33.9 Å². The number of nitrogens with one attached hydrogen (secondary N) is 4. The smallest absolute Gasteiger partial charge is 0.407 e. The van der Waals surface area contributed by atoms with Crippen molar-refractivity contribution in [3.63, 3.8) is 0 Å². The molecule has 61 heavy (non-hydrogen) atoms. The molecular weight excluding hydrogens is 785 g/mol. The molecule has 0 aliphatic carbocycles. The van der Waals surface area contributed by atoms with Crippen LogP contribution in [0.5, 0.6) is 0 Å². The van der Waals surface area contributed by atoms with Gasteiger partial charge in [-0.3, -0.25) is 9.59 Å². The van der Waals surface area contributed by atoms with E-state index in [9.17, 15) is 19.2 Å². The van der Waals surface area contributed by atoms with Gasteiger partial charge in [0.15, 0.2) is 0 Å². The van der Waals surface area contributed by atoms with Crippen LogP contribution >= 0.6 is 0 Å². The standard InChI is InChI=1S/C41H50N14O6/c1-22(2)30(17-46-40(58)60-5)38(56)54-20-28(50-52-42)15-33(54)36-44-18-31(47-36)26-11-7-24(8-12-26)25-9-13-27(14-10-25)32-19-45-37(48-32)34-16-29(51-53-43)21-55(34)39(57)35(23(3)4)49-41(59)61-6/h7-14,18-19,22-23,28-30,33-35H,15-17,20-21H2,1-6H3,(H,44,47)(H,45,48)(H,46,58)(H,49,59)/t28-,29-,30+,33?,34?,35+/m1/s1. The number of benzene rings is 2. The number of aromatic amines is 2. The Bertz CT molecular complexity index is 2290.